The SMILES string of the molecule is COC(=O)c1cccc(-c2cccc(C(F)(F)F)c2-c2scc3c2OCCO3)c1. The molecule has 8 heteroatoms. The molecule has 0 bridgehead atoms. The van der Waals surface area contributed by atoms with Gasteiger partial charge in [0.2, 0.25) is 0 Å². The normalized spacial score (nSPS) is 13.2. The van der Waals surface area contributed by atoms with E-state index in [0.717, 1.165) is 17.4 Å². The van der Waals surface area contributed by atoms with Crippen molar-refractivity contribution >= 4 is 17.3 Å². The number of carbonyl (C=O) groups excluding carboxylic acids is 1. The third-order valence-corrected chi connectivity index (χ3v) is 5.45. The van der Waals surface area contributed by atoms with Crippen molar-refractivity contribution in [1.82, 2.24) is 0 Å². The van der Waals surface area contributed by atoms with Gasteiger partial charge in [-0.2, -0.15) is 13.2 Å². The number of carbonyl (C=O) groups is 1. The van der Waals surface area contributed by atoms with Crippen molar-refractivity contribution in [3.8, 4) is 33.1 Å². The van der Waals surface area contributed by atoms with Crippen LogP contribution in [0.3, 0.4) is 0 Å². The van der Waals surface area contributed by atoms with E-state index in [2.05, 4.69) is 0 Å². The Morgan fingerprint density at radius 2 is 1.86 bits per heavy atom. The Labute approximate surface area is 168 Å². The molecule has 4 rings (SSSR count). The van der Waals surface area contributed by atoms with Crippen LogP contribution in [0.15, 0.2) is 47.8 Å². The molecule has 1 aromatic heterocycles. The van der Waals surface area contributed by atoms with Gasteiger partial charge in [-0.1, -0.05) is 24.3 Å². The van der Waals surface area contributed by atoms with Crippen LogP contribution in [0.4, 0.5) is 13.2 Å². The van der Waals surface area contributed by atoms with Crippen LogP contribution >= 0.6 is 11.3 Å². The topological polar surface area (TPSA) is 44.8 Å². The lowest BCUT2D eigenvalue weighted by molar-refractivity contribution is -0.137. The predicted octanol–water partition coefficient (Wildman–Crippen LogP) is 5.66. The number of halogens is 3. The van der Waals surface area contributed by atoms with Gasteiger partial charge in [-0.05, 0) is 29.3 Å². The summed E-state index contributed by atoms with van der Waals surface area (Å²) in [5.41, 5.74) is 0.273. The summed E-state index contributed by atoms with van der Waals surface area (Å²) in [5.74, 6) is 0.177. The first-order valence-corrected chi connectivity index (χ1v) is 9.54. The monoisotopic (exact) mass is 420 g/mol. The largest absolute Gasteiger partial charge is 0.485 e. The van der Waals surface area contributed by atoms with Crippen LogP contribution < -0.4 is 9.47 Å². The lowest BCUT2D eigenvalue weighted by Gasteiger charge is -2.20. The van der Waals surface area contributed by atoms with Crippen LogP contribution in [0.25, 0.3) is 21.6 Å². The summed E-state index contributed by atoms with van der Waals surface area (Å²) >= 11 is 1.13. The van der Waals surface area contributed by atoms with Gasteiger partial charge < -0.3 is 14.2 Å². The second-order valence-corrected chi connectivity index (χ2v) is 7.13. The zero-order chi connectivity index (χ0) is 20.6. The maximum Gasteiger partial charge on any atom is 0.417 e. The summed E-state index contributed by atoms with van der Waals surface area (Å²) in [5, 5.41) is 1.64. The maximum atomic E-state index is 13.9. The summed E-state index contributed by atoms with van der Waals surface area (Å²) in [7, 11) is 1.25. The molecule has 0 aliphatic carbocycles. The highest BCUT2D eigenvalue weighted by Gasteiger charge is 2.37. The number of hydrogen-bond donors (Lipinski definition) is 0. The van der Waals surface area contributed by atoms with E-state index in [9.17, 15) is 18.0 Å². The zero-order valence-corrected chi connectivity index (χ0v) is 16.0. The Morgan fingerprint density at radius 3 is 2.62 bits per heavy atom. The minimum absolute atomic E-state index is 0.00114. The zero-order valence-electron chi connectivity index (χ0n) is 15.2. The number of thiophene rings is 1. The molecule has 4 nitrogen and oxygen atoms in total. The van der Waals surface area contributed by atoms with Crippen molar-refractivity contribution in [2.24, 2.45) is 0 Å². The summed E-state index contributed by atoms with van der Waals surface area (Å²) < 4.78 is 57.5. The first-order chi connectivity index (χ1) is 13.9. The highest BCUT2D eigenvalue weighted by molar-refractivity contribution is 7.14. The molecule has 0 saturated carbocycles. The number of alkyl halides is 3. The molecule has 0 unspecified atom stereocenters. The average molecular weight is 420 g/mol. The van der Waals surface area contributed by atoms with E-state index in [1.165, 1.54) is 19.2 Å². The molecule has 2 aromatic carbocycles. The molecular weight excluding hydrogens is 405 g/mol. The number of methoxy groups -OCH3 is 1. The van der Waals surface area contributed by atoms with Gasteiger partial charge in [0.15, 0.2) is 11.5 Å². The van der Waals surface area contributed by atoms with Crippen molar-refractivity contribution in [3.63, 3.8) is 0 Å². The van der Waals surface area contributed by atoms with Crippen LogP contribution in [0.5, 0.6) is 11.5 Å². The Balaban J connectivity index is 1.97. The molecule has 3 aromatic rings. The van der Waals surface area contributed by atoms with Crippen molar-refractivity contribution in [2.45, 2.75) is 6.18 Å². The van der Waals surface area contributed by atoms with Gasteiger partial charge in [-0.15, -0.1) is 11.3 Å². The highest BCUT2D eigenvalue weighted by Crippen LogP contribution is 2.52. The van der Waals surface area contributed by atoms with E-state index < -0.39 is 17.7 Å². The third kappa shape index (κ3) is 3.55. The summed E-state index contributed by atoms with van der Waals surface area (Å²) in [6.07, 6.45) is -4.57. The van der Waals surface area contributed by atoms with Crippen molar-refractivity contribution in [3.05, 3.63) is 59.0 Å². The average Bonchev–Trinajstić information content (AvgIpc) is 3.16. The van der Waals surface area contributed by atoms with Gasteiger partial charge in [0, 0.05) is 10.9 Å². The van der Waals surface area contributed by atoms with Crippen LogP contribution in [0.1, 0.15) is 15.9 Å². The standard InChI is InChI=1S/C21H15F3O4S/c1-26-20(25)13-5-2-4-12(10-13)14-6-3-7-15(21(22,23)24)17(14)19-18-16(11-29-19)27-8-9-28-18/h2-7,10-11H,8-9H2,1H3. The van der Waals surface area contributed by atoms with E-state index >= 15 is 0 Å². The molecule has 0 atom stereocenters. The molecule has 0 saturated heterocycles. The van der Waals surface area contributed by atoms with Crippen molar-refractivity contribution in [2.75, 3.05) is 20.3 Å². The van der Waals surface area contributed by atoms with Gasteiger partial charge in [0.25, 0.3) is 0 Å². The lowest BCUT2D eigenvalue weighted by Crippen LogP contribution is -2.15. The van der Waals surface area contributed by atoms with Gasteiger partial charge in [0.1, 0.15) is 13.2 Å². The second kappa shape index (κ2) is 7.44. The smallest absolute Gasteiger partial charge is 0.417 e. The fourth-order valence-electron chi connectivity index (χ4n) is 3.24. The summed E-state index contributed by atoms with van der Waals surface area (Å²) in [6, 6.07) is 10.3. The molecular formula is C21H15F3O4S. The van der Waals surface area contributed by atoms with Gasteiger partial charge in [0.05, 0.1) is 23.1 Å². The molecule has 150 valence electrons. The van der Waals surface area contributed by atoms with Crippen LogP contribution in [0, 0.1) is 0 Å². The summed E-state index contributed by atoms with van der Waals surface area (Å²) in [6.45, 7) is 0.607. The Kier molecular flexibility index (Phi) is 4.96. The van der Waals surface area contributed by atoms with Crippen molar-refractivity contribution < 1.29 is 32.2 Å². The molecule has 0 N–H and O–H groups in total. The third-order valence-electron chi connectivity index (χ3n) is 4.49. The maximum absolute atomic E-state index is 13.9. The Bertz CT molecular complexity index is 1070. The Morgan fingerprint density at radius 1 is 1.10 bits per heavy atom. The first-order valence-electron chi connectivity index (χ1n) is 8.66. The number of rotatable bonds is 3. The minimum atomic E-state index is -4.57. The number of hydrogen-bond acceptors (Lipinski definition) is 5. The van der Waals surface area contributed by atoms with E-state index in [1.54, 1.807) is 29.6 Å². The lowest BCUT2D eigenvalue weighted by atomic mass is 9.92. The molecule has 0 radical (unpaired) electrons. The molecule has 0 spiro atoms. The van der Waals surface area contributed by atoms with Crippen LogP contribution in [-0.2, 0) is 10.9 Å². The molecule has 0 fully saturated rings. The fourth-order valence-corrected chi connectivity index (χ4v) is 4.25. The first kappa shape index (κ1) is 19.3. The molecule has 29 heavy (non-hydrogen) atoms. The van der Waals surface area contributed by atoms with Gasteiger partial charge in [-0.25, -0.2) is 4.79 Å². The fraction of sp³-hybridized carbons (Fsp3) is 0.190. The number of benzene rings is 2. The van der Waals surface area contributed by atoms with E-state index in [0.29, 0.717) is 34.1 Å². The molecule has 2 heterocycles. The quantitative estimate of drug-likeness (QED) is 0.513. The molecule has 1 aliphatic heterocycles. The van der Waals surface area contributed by atoms with Gasteiger partial charge >= 0.3 is 12.1 Å². The van der Waals surface area contributed by atoms with Gasteiger partial charge in [-0.3, -0.25) is 0 Å². The number of esters is 1. The number of ether oxygens (including phenoxy) is 3. The summed E-state index contributed by atoms with van der Waals surface area (Å²) in [4.78, 5) is 12.2. The highest BCUT2D eigenvalue weighted by atomic mass is 32.1. The van der Waals surface area contributed by atoms with E-state index in [4.69, 9.17) is 14.2 Å². The minimum Gasteiger partial charge on any atom is -0.485 e. The van der Waals surface area contributed by atoms with E-state index in [-0.39, 0.29) is 17.7 Å². The van der Waals surface area contributed by atoms with Crippen LogP contribution in [0.2, 0.25) is 0 Å². The molecule has 1 aliphatic rings. The predicted molar refractivity (Wildman–Crippen MR) is 103 cm³/mol. The second-order valence-electron chi connectivity index (χ2n) is 6.25. The molecule has 0 amide bonds. The van der Waals surface area contributed by atoms with Crippen molar-refractivity contribution in [1.29, 1.82) is 0 Å². The number of fused-ring (bicyclic) bond motifs is 1. The Hall–Kier alpha value is -3.00. The van der Waals surface area contributed by atoms with Crippen LogP contribution in [-0.4, -0.2) is 26.3 Å². The van der Waals surface area contributed by atoms with E-state index in [1.807, 2.05) is 0 Å².